The lowest BCUT2D eigenvalue weighted by molar-refractivity contribution is -0.143. The van der Waals surface area contributed by atoms with Crippen molar-refractivity contribution in [2.75, 3.05) is 71.3 Å². The minimum absolute atomic E-state index is 0.0326. The molecule has 48 heavy (non-hydrogen) atoms. The number of hydrogen-bond donors (Lipinski definition) is 2. The number of likely N-dealkylation sites (tertiary alicyclic amines) is 2. The Bertz CT molecular complexity index is 1620. The molecule has 5 heterocycles. The van der Waals surface area contributed by atoms with Gasteiger partial charge in [-0.2, -0.15) is 0 Å². The number of carbonyl (C=O) groups is 3. The molecular weight excluding hydrogens is 608 g/mol. The third-order valence-electron chi connectivity index (χ3n) is 10.9. The largest absolute Gasteiger partial charge is 0.436 e. The summed E-state index contributed by atoms with van der Waals surface area (Å²) in [7, 11) is 2.18. The molecule has 3 saturated heterocycles. The highest BCUT2D eigenvalue weighted by molar-refractivity contribution is 5.91. The first-order chi connectivity index (χ1) is 23.3. The molecule has 0 bridgehead atoms. The molecule has 1 aromatic heterocycles. The summed E-state index contributed by atoms with van der Waals surface area (Å²) in [5.74, 6) is -0.137. The van der Waals surface area contributed by atoms with Gasteiger partial charge in [0.1, 0.15) is 0 Å². The van der Waals surface area contributed by atoms with Crippen LogP contribution in [0.5, 0.6) is 0 Å². The predicted molar refractivity (Wildman–Crippen MR) is 184 cm³/mol. The first kappa shape index (κ1) is 32.4. The number of nitrogens with one attached hydrogen (secondary N) is 2. The lowest BCUT2D eigenvalue weighted by atomic mass is 10.0. The fourth-order valence-electron chi connectivity index (χ4n) is 7.97. The van der Waals surface area contributed by atoms with E-state index in [1.54, 1.807) is 11.2 Å². The van der Waals surface area contributed by atoms with Crippen LogP contribution < -0.4 is 5.32 Å². The molecule has 12 nitrogen and oxygen atoms in total. The monoisotopic (exact) mass is 656 g/mol. The minimum atomic E-state index is -0.934. The number of rotatable bonds is 6. The summed E-state index contributed by atoms with van der Waals surface area (Å²) >= 11 is 0. The summed E-state index contributed by atoms with van der Waals surface area (Å²) < 4.78 is 6.12. The Hall–Kier alpha value is -4.16. The summed E-state index contributed by atoms with van der Waals surface area (Å²) in [6.07, 6.45) is 4.98. The smallest absolute Gasteiger partial charge is 0.410 e. The number of ether oxygens (including phenoxy) is 1. The Labute approximate surface area is 282 Å². The van der Waals surface area contributed by atoms with Crippen LogP contribution in [-0.4, -0.2) is 137 Å². The molecule has 0 radical (unpaired) electrons. The van der Waals surface area contributed by atoms with Gasteiger partial charge in [-0.05, 0) is 88.0 Å². The van der Waals surface area contributed by atoms with E-state index in [1.807, 2.05) is 47.1 Å². The molecule has 3 fully saturated rings. The quantitative estimate of drug-likeness (QED) is 0.416. The van der Waals surface area contributed by atoms with Gasteiger partial charge in [-0.1, -0.05) is 24.3 Å². The maximum atomic E-state index is 14.1. The number of aromatic amines is 1. The van der Waals surface area contributed by atoms with Crippen LogP contribution in [0.3, 0.4) is 0 Å². The number of imidazole rings is 1. The Morgan fingerprint density at radius 2 is 1.65 bits per heavy atom. The molecule has 4 aliphatic heterocycles. The van der Waals surface area contributed by atoms with Gasteiger partial charge in [0.25, 0.3) is 5.91 Å². The second-order valence-electron chi connectivity index (χ2n) is 13.9. The number of aryl methyl sites for hydroxylation is 1. The lowest BCUT2D eigenvalue weighted by Gasteiger charge is -2.42. The normalized spacial score (nSPS) is 21.1. The SMILES string of the molecule is Cc1cc(CC(OC(=O)N2CCC(N3CCc4ccccc4NC3=O)CC2)C(=O)N2CCN(C3CCN(C)CC3)CC2)cc2nc[nH]c12. The van der Waals surface area contributed by atoms with Crippen LogP contribution in [0.4, 0.5) is 15.3 Å². The zero-order valence-electron chi connectivity index (χ0n) is 28.2. The van der Waals surface area contributed by atoms with Gasteiger partial charge in [-0.25, -0.2) is 14.6 Å². The maximum absolute atomic E-state index is 14.1. The minimum Gasteiger partial charge on any atom is -0.436 e. The van der Waals surface area contributed by atoms with Gasteiger partial charge >= 0.3 is 12.1 Å². The number of fused-ring (bicyclic) bond motifs is 2. The second-order valence-corrected chi connectivity index (χ2v) is 13.9. The molecule has 1 atom stereocenters. The fraction of sp³-hybridized carbons (Fsp3) is 0.556. The predicted octanol–water partition coefficient (Wildman–Crippen LogP) is 3.71. The van der Waals surface area contributed by atoms with Crippen LogP contribution in [0.15, 0.2) is 42.7 Å². The lowest BCUT2D eigenvalue weighted by Crippen LogP contribution is -2.56. The maximum Gasteiger partial charge on any atom is 0.410 e. The van der Waals surface area contributed by atoms with E-state index in [-0.39, 0.29) is 24.4 Å². The molecule has 0 spiro atoms. The molecule has 7 rings (SSSR count). The number of para-hydroxylation sites is 1. The van der Waals surface area contributed by atoms with Crippen molar-refractivity contribution in [1.29, 1.82) is 0 Å². The van der Waals surface area contributed by atoms with Crippen LogP contribution in [0, 0.1) is 6.92 Å². The number of nitrogens with zero attached hydrogens (tertiary/aromatic N) is 6. The molecule has 0 aliphatic carbocycles. The van der Waals surface area contributed by atoms with E-state index in [0.717, 1.165) is 78.9 Å². The number of piperidine rings is 2. The van der Waals surface area contributed by atoms with Gasteiger partial charge in [0, 0.05) is 70.0 Å². The topological polar surface area (TPSA) is 117 Å². The van der Waals surface area contributed by atoms with Crippen molar-refractivity contribution in [2.24, 2.45) is 0 Å². The van der Waals surface area contributed by atoms with E-state index in [2.05, 4.69) is 38.2 Å². The Morgan fingerprint density at radius 1 is 0.917 bits per heavy atom. The molecule has 256 valence electrons. The fourth-order valence-corrected chi connectivity index (χ4v) is 7.97. The molecule has 1 unspecified atom stereocenters. The molecule has 3 aromatic rings. The first-order valence-electron chi connectivity index (χ1n) is 17.6. The van der Waals surface area contributed by atoms with Crippen LogP contribution in [0.25, 0.3) is 11.0 Å². The van der Waals surface area contributed by atoms with Gasteiger partial charge in [0.2, 0.25) is 0 Å². The third-order valence-corrected chi connectivity index (χ3v) is 10.9. The second kappa shape index (κ2) is 14.1. The highest BCUT2D eigenvalue weighted by atomic mass is 16.6. The number of benzene rings is 2. The highest BCUT2D eigenvalue weighted by Crippen LogP contribution is 2.26. The van der Waals surface area contributed by atoms with E-state index >= 15 is 0 Å². The molecule has 0 saturated carbocycles. The summed E-state index contributed by atoms with van der Waals surface area (Å²) in [4.78, 5) is 58.9. The third kappa shape index (κ3) is 7.00. The average molecular weight is 657 g/mol. The summed E-state index contributed by atoms with van der Waals surface area (Å²) in [5.41, 5.74) is 5.74. The van der Waals surface area contributed by atoms with Crippen LogP contribution in [0.2, 0.25) is 0 Å². The molecule has 2 N–H and O–H groups in total. The van der Waals surface area contributed by atoms with E-state index in [9.17, 15) is 14.4 Å². The summed E-state index contributed by atoms with van der Waals surface area (Å²) in [5, 5.41) is 3.06. The zero-order chi connectivity index (χ0) is 33.2. The van der Waals surface area contributed by atoms with Crippen molar-refractivity contribution in [3.8, 4) is 0 Å². The first-order valence-corrected chi connectivity index (χ1v) is 17.6. The van der Waals surface area contributed by atoms with Gasteiger partial charge in [-0.15, -0.1) is 0 Å². The van der Waals surface area contributed by atoms with E-state index in [0.29, 0.717) is 51.6 Å². The van der Waals surface area contributed by atoms with Crippen molar-refractivity contribution >= 4 is 34.8 Å². The molecule has 4 aliphatic rings. The van der Waals surface area contributed by atoms with Gasteiger partial charge < -0.3 is 34.6 Å². The summed E-state index contributed by atoms with van der Waals surface area (Å²) in [6, 6.07) is 12.4. The van der Waals surface area contributed by atoms with Gasteiger partial charge in [0.05, 0.1) is 17.4 Å². The van der Waals surface area contributed by atoms with Crippen molar-refractivity contribution < 1.29 is 19.1 Å². The number of H-pyrrole nitrogens is 1. The number of carbonyl (C=O) groups excluding carboxylic acids is 3. The van der Waals surface area contributed by atoms with E-state index in [1.165, 1.54) is 0 Å². The number of aromatic nitrogens is 2. The van der Waals surface area contributed by atoms with Crippen LogP contribution in [0.1, 0.15) is 42.4 Å². The zero-order valence-corrected chi connectivity index (χ0v) is 28.2. The van der Waals surface area contributed by atoms with Crippen molar-refractivity contribution in [1.82, 2.24) is 34.5 Å². The molecular formula is C36H48N8O4. The van der Waals surface area contributed by atoms with E-state index < -0.39 is 12.2 Å². The van der Waals surface area contributed by atoms with E-state index in [4.69, 9.17) is 4.74 Å². The molecule has 2 aromatic carbocycles. The number of hydrogen-bond acceptors (Lipinski definition) is 7. The highest BCUT2D eigenvalue weighted by Gasteiger charge is 2.36. The van der Waals surface area contributed by atoms with Gasteiger partial charge in [0.15, 0.2) is 6.10 Å². The van der Waals surface area contributed by atoms with Crippen molar-refractivity contribution in [3.63, 3.8) is 0 Å². The Kier molecular flexibility index (Phi) is 9.54. The van der Waals surface area contributed by atoms with Crippen molar-refractivity contribution in [2.45, 2.75) is 63.6 Å². The molecule has 12 heteroatoms. The summed E-state index contributed by atoms with van der Waals surface area (Å²) in [6.45, 7) is 8.74. The Balaban J connectivity index is 0.996. The van der Waals surface area contributed by atoms with Crippen LogP contribution >= 0.6 is 0 Å². The number of urea groups is 1. The average Bonchev–Trinajstić information content (AvgIpc) is 3.52. The standard InChI is InChI=1S/C36H48N8O4/c1-25-21-26(22-31-33(25)38-24-37-31)23-32(34(45)42-19-17-41(18-20-42)28-8-12-40(2)13-9-28)48-36(47)43-14-10-29(11-15-43)44-16-7-27-5-3-4-6-30(27)39-35(44)46/h3-6,21-22,24,28-29,32H,7-20,23H2,1-2H3,(H,37,38)(H,39,46). The van der Waals surface area contributed by atoms with Crippen molar-refractivity contribution in [3.05, 3.63) is 59.4 Å². The van der Waals surface area contributed by atoms with Gasteiger partial charge in [-0.3, -0.25) is 9.69 Å². The number of amides is 4. The number of piperazine rings is 1. The number of anilines is 1. The van der Waals surface area contributed by atoms with Crippen LogP contribution in [-0.2, 0) is 22.4 Å². The molecule has 4 amide bonds. The Morgan fingerprint density at radius 3 is 2.42 bits per heavy atom.